The van der Waals surface area contributed by atoms with E-state index in [1.165, 1.54) is 4.90 Å². The van der Waals surface area contributed by atoms with Crippen LogP contribution < -0.4 is 4.90 Å². The Balaban J connectivity index is 1.72. The largest absolute Gasteiger partial charge is 0.459 e. The summed E-state index contributed by atoms with van der Waals surface area (Å²) in [6.07, 6.45) is -0.0519. The Kier molecular flexibility index (Phi) is 4.78. The second-order valence-corrected chi connectivity index (χ2v) is 7.72. The van der Waals surface area contributed by atoms with Gasteiger partial charge in [0.15, 0.2) is 0 Å². The van der Waals surface area contributed by atoms with Gasteiger partial charge in [0, 0.05) is 13.0 Å². The summed E-state index contributed by atoms with van der Waals surface area (Å²) in [5, 5.41) is -0.152. The van der Waals surface area contributed by atoms with Gasteiger partial charge < -0.3 is 9.64 Å². The van der Waals surface area contributed by atoms with Gasteiger partial charge in [-0.1, -0.05) is 35.9 Å². The van der Waals surface area contributed by atoms with E-state index in [1.807, 2.05) is 24.3 Å². The fraction of sp³-hybridized carbons (Fsp3) is 0.286. The van der Waals surface area contributed by atoms with E-state index in [9.17, 15) is 18.8 Å². The molecular formula is C21H18ClFN2O4. The Bertz CT molecular complexity index is 996. The van der Waals surface area contributed by atoms with Crippen molar-refractivity contribution in [2.24, 2.45) is 0 Å². The summed E-state index contributed by atoms with van der Waals surface area (Å²) >= 11 is 6.00. The Morgan fingerprint density at radius 2 is 1.90 bits per heavy atom. The highest BCUT2D eigenvalue weighted by atomic mass is 35.5. The maximum Gasteiger partial charge on any atom is 0.339 e. The number of benzene rings is 2. The van der Waals surface area contributed by atoms with E-state index in [0.29, 0.717) is 6.42 Å². The molecule has 2 aromatic rings. The Morgan fingerprint density at radius 3 is 2.59 bits per heavy atom. The molecule has 1 atom stereocenters. The molecule has 0 saturated carbocycles. The summed E-state index contributed by atoms with van der Waals surface area (Å²) in [6.45, 7) is 3.60. The molecule has 0 bridgehead atoms. The van der Waals surface area contributed by atoms with E-state index in [1.54, 1.807) is 13.8 Å². The van der Waals surface area contributed by atoms with Crippen molar-refractivity contribution in [3.63, 3.8) is 0 Å². The van der Waals surface area contributed by atoms with Crippen molar-refractivity contribution in [2.75, 3.05) is 4.90 Å². The number of halogens is 2. The van der Waals surface area contributed by atoms with Crippen LogP contribution in [0.2, 0.25) is 5.02 Å². The summed E-state index contributed by atoms with van der Waals surface area (Å²) in [5.74, 6) is -2.15. The first-order valence-corrected chi connectivity index (χ1v) is 9.57. The van der Waals surface area contributed by atoms with Crippen LogP contribution in [0.4, 0.5) is 14.9 Å². The van der Waals surface area contributed by atoms with Crippen LogP contribution in [0.1, 0.15) is 35.3 Å². The van der Waals surface area contributed by atoms with Gasteiger partial charge in [0.25, 0.3) is 5.91 Å². The second kappa shape index (κ2) is 7.15. The van der Waals surface area contributed by atoms with Crippen molar-refractivity contribution < 1.29 is 23.5 Å². The molecule has 2 aromatic carbocycles. The smallest absolute Gasteiger partial charge is 0.339 e. The van der Waals surface area contributed by atoms with Crippen LogP contribution in [0.25, 0.3) is 0 Å². The molecule has 0 aliphatic carbocycles. The van der Waals surface area contributed by atoms with E-state index in [4.69, 9.17) is 16.3 Å². The Labute approximate surface area is 171 Å². The van der Waals surface area contributed by atoms with Gasteiger partial charge in [-0.3, -0.25) is 4.79 Å². The van der Waals surface area contributed by atoms with Crippen LogP contribution in [0.3, 0.4) is 0 Å². The molecule has 1 fully saturated rings. The van der Waals surface area contributed by atoms with Crippen LogP contribution in [0.15, 0.2) is 36.4 Å². The molecule has 150 valence electrons. The van der Waals surface area contributed by atoms with E-state index >= 15 is 0 Å². The molecule has 3 amide bonds. The molecule has 29 heavy (non-hydrogen) atoms. The van der Waals surface area contributed by atoms with Crippen LogP contribution in [0, 0.1) is 5.82 Å². The minimum absolute atomic E-state index is 0.106. The highest BCUT2D eigenvalue weighted by Gasteiger charge is 2.48. The molecule has 2 aliphatic rings. The summed E-state index contributed by atoms with van der Waals surface area (Å²) in [5.41, 5.74) is 1.52. The zero-order chi connectivity index (χ0) is 20.9. The number of nitrogens with zero attached hydrogens (tertiary/aromatic N) is 2. The van der Waals surface area contributed by atoms with Crippen LogP contribution in [0.5, 0.6) is 0 Å². The SMILES string of the molecule is CC(C)OC(=O)c1cc(N2C(=O)C3Cc4ccccc4CN3C2=O)c(F)cc1Cl. The fourth-order valence-electron chi connectivity index (χ4n) is 3.68. The molecule has 6 nitrogen and oxygen atoms in total. The minimum atomic E-state index is -0.866. The molecule has 0 radical (unpaired) electrons. The number of rotatable bonds is 3. The van der Waals surface area contributed by atoms with Crippen LogP contribution >= 0.6 is 11.6 Å². The van der Waals surface area contributed by atoms with Crippen LogP contribution in [-0.4, -0.2) is 35.0 Å². The number of carbonyl (C=O) groups is 3. The first-order valence-electron chi connectivity index (χ1n) is 9.19. The predicted molar refractivity (Wildman–Crippen MR) is 104 cm³/mol. The topological polar surface area (TPSA) is 66.9 Å². The molecule has 2 heterocycles. The lowest BCUT2D eigenvalue weighted by Gasteiger charge is -2.28. The summed E-state index contributed by atoms with van der Waals surface area (Å²) < 4.78 is 19.8. The van der Waals surface area contributed by atoms with Crippen molar-refractivity contribution in [2.45, 2.75) is 39.0 Å². The van der Waals surface area contributed by atoms with E-state index in [-0.39, 0.29) is 22.8 Å². The van der Waals surface area contributed by atoms with Gasteiger partial charge in [0.2, 0.25) is 0 Å². The van der Waals surface area contributed by atoms with Gasteiger partial charge in [0.1, 0.15) is 11.9 Å². The molecule has 4 rings (SSSR count). The highest BCUT2D eigenvalue weighted by molar-refractivity contribution is 6.34. The Morgan fingerprint density at radius 1 is 1.21 bits per heavy atom. The van der Waals surface area contributed by atoms with Crippen molar-refractivity contribution in [1.82, 2.24) is 4.90 Å². The third-order valence-corrected chi connectivity index (χ3v) is 5.34. The summed E-state index contributed by atoms with van der Waals surface area (Å²) in [4.78, 5) is 40.5. The highest BCUT2D eigenvalue weighted by Crippen LogP contribution is 2.36. The lowest BCUT2D eigenvalue weighted by Crippen LogP contribution is -2.39. The predicted octanol–water partition coefficient (Wildman–Crippen LogP) is 3.94. The number of fused-ring (bicyclic) bond motifs is 2. The first kappa shape index (κ1) is 19.4. The lowest BCUT2D eigenvalue weighted by molar-refractivity contribution is -0.120. The minimum Gasteiger partial charge on any atom is -0.459 e. The molecule has 8 heteroatoms. The Hall–Kier alpha value is -2.93. The molecule has 1 unspecified atom stereocenters. The third kappa shape index (κ3) is 3.25. The maximum atomic E-state index is 14.7. The maximum absolute atomic E-state index is 14.7. The molecular weight excluding hydrogens is 399 g/mol. The van der Waals surface area contributed by atoms with Gasteiger partial charge in [-0.05, 0) is 37.1 Å². The molecule has 1 saturated heterocycles. The number of esters is 1. The normalized spacial score (nSPS) is 18.2. The fourth-order valence-corrected chi connectivity index (χ4v) is 3.91. The molecule has 0 N–H and O–H groups in total. The van der Waals surface area contributed by atoms with Crippen molar-refractivity contribution in [3.05, 3.63) is 63.9 Å². The monoisotopic (exact) mass is 416 g/mol. The molecule has 0 aromatic heterocycles. The van der Waals surface area contributed by atoms with Crippen LogP contribution in [-0.2, 0) is 22.5 Å². The molecule has 2 aliphatic heterocycles. The number of amides is 3. The van der Waals surface area contributed by atoms with Crippen molar-refractivity contribution >= 4 is 35.2 Å². The zero-order valence-electron chi connectivity index (χ0n) is 15.8. The standard InChI is InChI=1S/C21H18ClFN2O4/c1-11(2)29-20(27)14-8-17(16(23)9-15(14)22)25-19(26)18-7-12-5-3-4-6-13(12)10-24(18)21(25)28/h3-6,8-9,11,18H,7,10H2,1-2H3. The summed E-state index contributed by atoms with van der Waals surface area (Å²) in [6, 6.07) is 8.23. The number of hydrogen-bond acceptors (Lipinski definition) is 4. The zero-order valence-corrected chi connectivity index (χ0v) is 16.6. The average molecular weight is 417 g/mol. The second-order valence-electron chi connectivity index (χ2n) is 7.31. The van der Waals surface area contributed by atoms with E-state index < -0.39 is 35.9 Å². The van der Waals surface area contributed by atoms with Gasteiger partial charge in [-0.2, -0.15) is 0 Å². The van der Waals surface area contributed by atoms with Crippen molar-refractivity contribution in [3.8, 4) is 0 Å². The lowest BCUT2D eigenvalue weighted by atomic mass is 9.95. The number of carbonyl (C=O) groups excluding carboxylic acids is 3. The van der Waals surface area contributed by atoms with E-state index in [0.717, 1.165) is 28.2 Å². The number of ether oxygens (including phenoxy) is 1. The number of urea groups is 1. The average Bonchev–Trinajstić information content (AvgIpc) is 2.90. The van der Waals surface area contributed by atoms with Gasteiger partial charge in [-0.15, -0.1) is 0 Å². The quantitative estimate of drug-likeness (QED) is 0.561. The van der Waals surface area contributed by atoms with Gasteiger partial charge in [-0.25, -0.2) is 18.9 Å². The number of hydrogen-bond donors (Lipinski definition) is 0. The first-order chi connectivity index (χ1) is 13.8. The molecule has 0 spiro atoms. The van der Waals surface area contributed by atoms with Gasteiger partial charge in [0.05, 0.1) is 22.4 Å². The van der Waals surface area contributed by atoms with Crippen molar-refractivity contribution in [1.29, 1.82) is 0 Å². The number of imide groups is 1. The van der Waals surface area contributed by atoms with E-state index in [2.05, 4.69) is 0 Å². The third-order valence-electron chi connectivity index (χ3n) is 5.03. The van der Waals surface area contributed by atoms with Gasteiger partial charge >= 0.3 is 12.0 Å². The number of anilines is 1. The summed E-state index contributed by atoms with van der Waals surface area (Å²) in [7, 11) is 0.